The third kappa shape index (κ3) is 0.534. The highest BCUT2D eigenvalue weighted by molar-refractivity contribution is 6.47. The minimum absolute atomic E-state index is 0.000000000000000444. The summed E-state index contributed by atoms with van der Waals surface area (Å²) < 4.78 is 0. The molecule has 0 radical (unpaired) electrons. The van der Waals surface area contributed by atoms with Crippen molar-refractivity contribution in [1.82, 2.24) is 10.6 Å². The Hall–Kier alpha value is -1.39. The van der Waals surface area contributed by atoms with E-state index in [1.54, 1.807) is 0 Å². The van der Waals surface area contributed by atoms with Crippen molar-refractivity contribution in [2.24, 2.45) is 0 Å². The van der Waals surface area contributed by atoms with Gasteiger partial charge in [-0.25, -0.2) is 0 Å². The molecule has 0 unspecified atom stereocenters. The van der Waals surface area contributed by atoms with Crippen LogP contribution in [0.4, 0.5) is 0 Å². The second-order valence-corrected chi connectivity index (χ2v) is 1.38. The van der Waals surface area contributed by atoms with Gasteiger partial charge in [-0.05, 0) is 0 Å². The molecule has 0 spiro atoms. The van der Waals surface area contributed by atoms with Crippen molar-refractivity contribution < 1.29 is 0 Å². The zero-order valence-electron chi connectivity index (χ0n) is 4.00. The zero-order valence-corrected chi connectivity index (χ0v) is 4.00. The maximum Gasteiger partial charge on any atom is 0.199 e. The summed E-state index contributed by atoms with van der Waals surface area (Å²) in [7, 11) is 0. The van der Waals surface area contributed by atoms with Gasteiger partial charge < -0.3 is 10.6 Å². The molecule has 1 aliphatic heterocycles. The van der Waals surface area contributed by atoms with Crippen LogP contribution in [0.25, 0.3) is 0 Å². The first kappa shape index (κ1) is 4.76. The summed E-state index contributed by atoms with van der Waals surface area (Å²) in [5.41, 5.74) is 0. The smallest absolute Gasteiger partial charge is 0.199 e. The van der Waals surface area contributed by atoms with E-state index in [0.717, 1.165) is 0 Å². The molecule has 1 rings (SSSR count). The lowest BCUT2D eigenvalue weighted by molar-refractivity contribution is 1.22. The Balaban J connectivity index is 2.79. The number of amidine groups is 2. The van der Waals surface area contributed by atoms with E-state index in [0.29, 0.717) is 0 Å². The highest BCUT2D eigenvalue weighted by Gasteiger charge is 2.15. The summed E-state index contributed by atoms with van der Waals surface area (Å²) in [6.07, 6.45) is 0. The fourth-order valence-corrected chi connectivity index (χ4v) is 0.406. The lowest BCUT2D eigenvalue weighted by Crippen LogP contribution is -2.23. The molecular weight excluding hydrogens is 106 g/mol. The highest BCUT2D eigenvalue weighted by atomic mass is 15.3. The molecule has 1 fully saturated rings. The molecule has 0 saturated carbocycles. The molecule has 1 aliphatic rings. The van der Waals surface area contributed by atoms with E-state index in [1.807, 2.05) is 0 Å². The molecule has 42 valence electrons. The van der Waals surface area contributed by atoms with Gasteiger partial charge >= 0.3 is 0 Å². The van der Waals surface area contributed by atoms with Crippen molar-refractivity contribution in [1.29, 1.82) is 16.2 Å². The monoisotopic (exact) mass is 111 g/mol. The summed E-state index contributed by atoms with van der Waals surface area (Å²) in [5.74, 6) is -0.0926. The van der Waals surface area contributed by atoms with Crippen molar-refractivity contribution in [2.45, 2.75) is 0 Å². The van der Waals surface area contributed by atoms with E-state index in [4.69, 9.17) is 16.2 Å². The van der Waals surface area contributed by atoms with Gasteiger partial charge in [-0.15, -0.1) is 0 Å². The van der Waals surface area contributed by atoms with Gasteiger partial charge in [0, 0.05) is 0 Å². The van der Waals surface area contributed by atoms with E-state index in [9.17, 15) is 0 Å². The van der Waals surface area contributed by atoms with Gasteiger partial charge in [0.15, 0.2) is 17.6 Å². The Morgan fingerprint density at radius 1 is 0.875 bits per heavy atom. The summed E-state index contributed by atoms with van der Waals surface area (Å²) in [5, 5.41) is 25.1. The van der Waals surface area contributed by atoms with Gasteiger partial charge in [0.05, 0.1) is 0 Å². The first-order chi connectivity index (χ1) is 3.70. The molecule has 0 atom stereocenters. The van der Waals surface area contributed by atoms with Crippen LogP contribution < -0.4 is 10.6 Å². The Morgan fingerprint density at radius 3 is 1.38 bits per heavy atom. The van der Waals surface area contributed by atoms with Crippen molar-refractivity contribution in [2.75, 3.05) is 0 Å². The standard InChI is InChI=1S/C3H5N5/c4-1-2(5)8-3(6)7-1/h(H5,4,5,6,7,8). The third-order valence-electron chi connectivity index (χ3n) is 0.750. The van der Waals surface area contributed by atoms with E-state index in [-0.39, 0.29) is 17.6 Å². The molecule has 5 heteroatoms. The van der Waals surface area contributed by atoms with Crippen LogP contribution >= 0.6 is 0 Å². The molecule has 0 aromatic heterocycles. The van der Waals surface area contributed by atoms with Crippen LogP contribution in [0.15, 0.2) is 0 Å². The summed E-state index contributed by atoms with van der Waals surface area (Å²) in [6.45, 7) is 0. The van der Waals surface area contributed by atoms with Gasteiger partial charge in [0.1, 0.15) is 0 Å². The maximum atomic E-state index is 6.85. The lowest BCUT2D eigenvalue weighted by atomic mass is 10.6. The lowest BCUT2D eigenvalue weighted by Gasteiger charge is -1.84. The SMILES string of the molecule is N=C1NC(=N)C(=N)N1. The largest absolute Gasteiger partial charge is 0.308 e. The van der Waals surface area contributed by atoms with Crippen LogP contribution in [-0.2, 0) is 0 Å². The third-order valence-corrected chi connectivity index (χ3v) is 0.750. The predicted molar refractivity (Wildman–Crippen MR) is 29.5 cm³/mol. The minimum Gasteiger partial charge on any atom is -0.308 e. The molecule has 5 nitrogen and oxygen atoms in total. The van der Waals surface area contributed by atoms with E-state index in [2.05, 4.69) is 10.6 Å². The van der Waals surface area contributed by atoms with Crippen molar-refractivity contribution >= 4 is 17.6 Å². The normalized spacial score (nSPS) is 18.2. The highest BCUT2D eigenvalue weighted by Crippen LogP contribution is 1.77. The number of hydrogen-bond acceptors (Lipinski definition) is 3. The molecule has 1 heterocycles. The van der Waals surface area contributed by atoms with E-state index < -0.39 is 0 Å². The van der Waals surface area contributed by atoms with Crippen molar-refractivity contribution in [3.63, 3.8) is 0 Å². The van der Waals surface area contributed by atoms with Gasteiger partial charge in [0.2, 0.25) is 0 Å². The average molecular weight is 111 g/mol. The fourth-order valence-electron chi connectivity index (χ4n) is 0.406. The van der Waals surface area contributed by atoms with Gasteiger partial charge in [-0.2, -0.15) is 0 Å². The Bertz CT molecular complexity index is 151. The molecule has 0 aromatic rings. The first-order valence-corrected chi connectivity index (χ1v) is 2.00. The predicted octanol–water partition coefficient (Wildman–Crippen LogP) is -0.931. The van der Waals surface area contributed by atoms with Crippen LogP contribution in [0.2, 0.25) is 0 Å². The van der Waals surface area contributed by atoms with Crippen LogP contribution in [0.1, 0.15) is 0 Å². The van der Waals surface area contributed by atoms with Gasteiger partial charge in [-0.1, -0.05) is 0 Å². The molecule has 1 saturated heterocycles. The second kappa shape index (κ2) is 1.29. The second-order valence-electron chi connectivity index (χ2n) is 1.38. The fraction of sp³-hybridized carbons (Fsp3) is 0. The molecule has 0 amide bonds. The van der Waals surface area contributed by atoms with Crippen LogP contribution in [-0.4, -0.2) is 17.6 Å². The number of guanidine groups is 1. The van der Waals surface area contributed by atoms with Crippen LogP contribution in [0.3, 0.4) is 0 Å². The van der Waals surface area contributed by atoms with Gasteiger partial charge in [0.25, 0.3) is 0 Å². The van der Waals surface area contributed by atoms with Crippen LogP contribution in [0, 0.1) is 16.2 Å². The molecule has 0 bridgehead atoms. The summed E-state index contributed by atoms with van der Waals surface area (Å²) in [4.78, 5) is 0. The Labute approximate surface area is 45.6 Å². The molecule has 8 heavy (non-hydrogen) atoms. The van der Waals surface area contributed by atoms with Crippen LogP contribution in [0.5, 0.6) is 0 Å². The molecular formula is C3H5N5. The number of nitrogens with one attached hydrogen (secondary N) is 5. The quantitative estimate of drug-likeness (QED) is 0.279. The topological polar surface area (TPSA) is 95.6 Å². The van der Waals surface area contributed by atoms with Gasteiger partial charge in [-0.3, -0.25) is 16.2 Å². The summed E-state index contributed by atoms with van der Waals surface area (Å²) >= 11 is 0. The average Bonchev–Trinajstić information content (AvgIpc) is 1.85. The minimum atomic E-state index is -0.0463. The first-order valence-electron chi connectivity index (χ1n) is 2.00. The number of rotatable bonds is 0. The Kier molecular flexibility index (Phi) is 0.768. The summed E-state index contributed by atoms with van der Waals surface area (Å²) in [6, 6.07) is 0. The zero-order chi connectivity index (χ0) is 6.15. The Morgan fingerprint density at radius 2 is 1.25 bits per heavy atom. The van der Waals surface area contributed by atoms with E-state index in [1.165, 1.54) is 0 Å². The van der Waals surface area contributed by atoms with Crippen molar-refractivity contribution in [3.8, 4) is 0 Å². The van der Waals surface area contributed by atoms with E-state index >= 15 is 0 Å². The molecule has 0 aromatic carbocycles. The van der Waals surface area contributed by atoms with Crippen molar-refractivity contribution in [3.05, 3.63) is 0 Å². The molecule has 0 aliphatic carbocycles. The maximum absolute atomic E-state index is 6.85. The number of hydrogen-bond donors (Lipinski definition) is 5. The molecule has 5 N–H and O–H groups in total.